The van der Waals surface area contributed by atoms with Crippen LogP contribution in [0.15, 0.2) is 48.5 Å². The molecule has 0 radical (unpaired) electrons. The van der Waals surface area contributed by atoms with Gasteiger partial charge in [0.05, 0.1) is 12.1 Å². The number of aromatic nitrogens is 1. The number of benzene rings is 2. The van der Waals surface area contributed by atoms with Gasteiger partial charge in [-0.1, -0.05) is 19.1 Å². The smallest absolute Gasteiger partial charge is 0.121 e. The van der Waals surface area contributed by atoms with E-state index >= 15 is 0 Å². The van der Waals surface area contributed by atoms with Crippen molar-refractivity contribution in [1.29, 1.82) is 0 Å². The average Bonchev–Trinajstić information content (AvgIpc) is 3.00. The largest absolute Gasteiger partial charge is 0.494 e. The molecule has 0 amide bonds. The third kappa shape index (κ3) is 3.61. The second-order valence-corrected chi connectivity index (χ2v) is 8.42. The Hall–Kier alpha value is -2.27. The van der Waals surface area contributed by atoms with E-state index in [0.717, 1.165) is 11.4 Å². The molecule has 1 aromatic heterocycles. The zero-order valence-electron chi connectivity index (χ0n) is 15.9. The molecule has 2 aromatic carbocycles. The second-order valence-electron chi connectivity index (χ2n) is 6.95. The van der Waals surface area contributed by atoms with Crippen molar-refractivity contribution >= 4 is 27.6 Å². The first-order valence-electron chi connectivity index (χ1n) is 9.73. The Labute approximate surface area is 163 Å². The molecule has 4 nitrogen and oxygen atoms in total. The first-order valence-corrected chi connectivity index (χ1v) is 11.0. The van der Waals surface area contributed by atoms with Crippen molar-refractivity contribution in [2.24, 2.45) is 0 Å². The molecule has 1 fully saturated rings. The Morgan fingerprint density at radius 3 is 2.52 bits per heavy atom. The lowest BCUT2D eigenvalue weighted by atomic mass is 9.92. The Balaban J connectivity index is 1.75. The van der Waals surface area contributed by atoms with E-state index in [2.05, 4.69) is 39.6 Å². The molecule has 1 aliphatic carbocycles. The van der Waals surface area contributed by atoms with Gasteiger partial charge in [-0.15, -0.1) is 0 Å². The van der Waals surface area contributed by atoms with Crippen LogP contribution in [-0.2, 0) is 11.0 Å². The number of rotatable bonds is 7. The zero-order valence-corrected chi connectivity index (χ0v) is 16.7. The minimum Gasteiger partial charge on any atom is -0.494 e. The Kier molecular flexibility index (Phi) is 5.21. The summed E-state index contributed by atoms with van der Waals surface area (Å²) >= 11 is 0. The van der Waals surface area contributed by atoms with E-state index < -0.39 is 11.0 Å². The maximum absolute atomic E-state index is 11.7. The van der Waals surface area contributed by atoms with Crippen LogP contribution in [0.1, 0.15) is 39.2 Å². The number of nitrogens with zero attached hydrogens (tertiary/aromatic N) is 1. The summed E-state index contributed by atoms with van der Waals surface area (Å²) in [6.07, 6.45) is 3.75. The Bertz CT molecular complexity index is 958. The number of anilines is 1. The van der Waals surface area contributed by atoms with Gasteiger partial charge in [-0.25, -0.2) is 4.21 Å². The van der Waals surface area contributed by atoms with Gasteiger partial charge in [0.1, 0.15) is 16.7 Å². The van der Waals surface area contributed by atoms with Crippen molar-refractivity contribution in [2.45, 2.75) is 39.2 Å². The Morgan fingerprint density at radius 1 is 1.11 bits per heavy atom. The molecule has 1 aliphatic rings. The summed E-state index contributed by atoms with van der Waals surface area (Å²) in [5, 5.41) is 1.25. The van der Waals surface area contributed by atoms with Crippen LogP contribution in [-0.4, -0.2) is 21.1 Å². The quantitative estimate of drug-likeness (QED) is 0.584. The molecule has 1 unspecified atom stereocenters. The molecule has 4 rings (SSSR count). The molecule has 0 bridgehead atoms. The number of hydrogen-bond acceptors (Lipinski definition) is 2. The third-order valence-corrected chi connectivity index (χ3v) is 6.23. The van der Waals surface area contributed by atoms with Crippen LogP contribution < -0.4 is 9.46 Å². The van der Waals surface area contributed by atoms with Gasteiger partial charge in [0.15, 0.2) is 0 Å². The van der Waals surface area contributed by atoms with Gasteiger partial charge in [-0.3, -0.25) is 0 Å². The summed E-state index contributed by atoms with van der Waals surface area (Å²) in [5.41, 5.74) is 4.56. The number of nitrogens with one attached hydrogen (secondary N) is 1. The van der Waals surface area contributed by atoms with Gasteiger partial charge in [-0.2, -0.15) is 0 Å². The summed E-state index contributed by atoms with van der Waals surface area (Å²) < 4.78 is 22.9. The topological polar surface area (TPSA) is 43.3 Å². The van der Waals surface area contributed by atoms with Crippen molar-refractivity contribution < 1.29 is 8.95 Å². The van der Waals surface area contributed by atoms with Gasteiger partial charge in [0.25, 0.3) is 0 Å². The molecule has 0 aliphatic heterocycles. The number of hydrogen-bond donors (Lipinski definition) is 1. The predicted octanol–water partition coefficient (Wildman–Crippen LogP) is 5.53. The van der Waals surface area contributed by atoms with Crippen molar-refractivity contribution in [3.05, 3.63) is 48.5 Å². The standard InChI is InChI=1S/C22H26N2O2S/c1-3-26-20-13-10-17-14-21(24(22(17)15-20)19-6-5-7-19)16-8-11-18(12-9-16)23-27(25)4-2/h8-15,19,23H,3-7H2,1-2H3. The van der Waals surface area contributed by atoms with E-state index in [1.807, 2.05) is 32.0 Å². The van der Waals surface area contributed by atoms with Crippen molar-refractivity contribution in [3.8, 4) is 17.0 Å². The summed E-state index contributed by atoms with van der Waals surface area (Å²) in [6.45, 7) is 4.60. The molecule has 0 spiro atoms. The van der Waals surface area contributed by atoms with Crippen LogP contribution in [0.25, 0.3) is 22.2 Å². The molecule has 1 saturated carbocycles. The zero-order chi connectivity index (χ0) is 18.8. The maximum atomic E-state index is 11.7. The highest BCUT2D eigenvalue weighted by molar-refractivity contribution is 7.86. The van der Waals surface area contributed by atoms with Gasteiger partial charge in [0.2, 0.25) is 0 Å². The highest BCUT2D eigenvalue weighted by atomic mass is 32.2. The minimum absolute atomic E-state index is 0.555. The molecular weight excluding hydrogens is 356 g/mol. The fourth-order valence-corrected chi connectivity index (χ4v) is 4.17. The highest BCUT2D eigenvalue weighted by Crippen LogP contribution is 2.41. The van der Waals surface area contributed by atoms with E-state index in [1.54, 1.807) is 0 Å². The van der Waals surface area contributed by atoms with Crippen LogP contribution in [0.3, 0.4) is 0 Å². The minimum atomic E-state index is -1.02. The van der Waals surface area contributed by atoms with Crippen molar-refractivity contribution in [1.82, 2.24) is 4.57 Å². The summed E-state index contributed by atoms with van der Waals surface area (Å²) in [7, 11) is -1.02. The van der Waals surface area contributed by atoms with Crippen LogP contribution in [0, 0.1) is 0 Å². The fraction of sp³-hybridized carbons (Fsp3) is 0.364. The molecule has 142 valence electrons. The van der Waals surface area contributed by atoms with Gasteiger partial charge in [0, 0.05) is 34.6 Å². The van der Waals surface area contributed by atoms with E-state index in [1.165, 1.54) is 41.4 Å². The number of ether oxygens (including phenoxy) is 1. The van der Waals surface area contributed by atoms with Gasteiger partial charge in [-0.05, 0) is 62.1 Å². The Morgan fingerprint density at radius 2 is 1.89 bits per heavy atom. The fourth-order valence-electron chi connectivity index (χ4n) is 3.63. The molecule has 3 aromatic rings. The van der Waals surface area contributed by atoms with E-state index in [9.17, 15) is 4.21 Å². The predicted molar refractivity (Wildman–Crippen MR) is 114 cm³/mol. The molecule has 0 saturated heterocycles. The molecule has 5 heteroatoms. The van der Waals surface area contributed by atoms with Crippen LogP contribution in [0.2, 0.25) is 0 Å². The van der Waals surface area contributed by atoms with E-state index in [4.69, 9.17) is 4.74 Å². The summed E-state index contributed by atoms with van der Waals surface area (Å²) in [5.74, 6) is 1.52. The van der Waals surface area contributed by atoms with Crippen LogP contribution in [0.5, 0.6) is 5.75 Å². The highest BCUT2D eigenvalue weighted by Gasteiger charge is 2.24. The monoisotopic (exact) mass is 382 g/mol. The molecular formula is C22H26N2O2S. The van der Waals surface area contributed by atoms with Gasteiger partial charge < -0.3 is 14.0 Å². The first-order chi connectivity index (χ1) is 13.2. The maximum Gasteiger partial charge on any atom is 0.121 e. The molecule has 1 heterocycles. The lowest BCUT2D eigenvalue weighted by Gasteiger charge is -2.30. The molecule has 27 heavy (non-hydrogen) atoms. The summed E-state index contributed by atoms with van der Waals surface area (Å²) in [4.78, 5) is 0. The third-order valence-electron chi connectivity index (χ3n) is 5.24. The summed E-state index contributed by atoms with van der Waals surface area (Å²) in [6, 6.07) is 17.4. The SMILES string of the molecule is CCOc1ccc2cc(-c3ccc(NS(=O)CC)cc3)n(C3CCC3)c2c1. The first kappa shape index (κ1) is 18.1. The van der Waals surface area contributed by atoms with Crippen molar-refractivity contribution in [3.63, 3.8) is 0 Å². The van der Waals surface area contributed by atoms with Crippen LogP contribution >= 0.6 is 0 Å². The lowest BCUT2D eigenvalue weighted by Crippen LogP contribution is -2.17. The van der Waals surface area contributed by atoms with Crippen LogP contribution in [0.4, 0.5) is 5.69 Å². The molecule has 1 atom stereocenters. The number of fused-ring (bicyclic) bond motifs is 1. The van der Waals surface area contributed by atoms with Gasteiger partial charge >= 0.3 is 0 Å². The lowest BCUT2D eigenvalue weighted by molar-refractivity contribution is 0.323. The van der Waals surface area contributed by atoms with E-state index in [0.29, 0.717) is 18.4 Å². The van der Waals surface area contributed by atoms with Crippen molar-refractivity contribution in [2.75, 3.05) is 17.1 Å². The average molecular weight is 383 g/mol. The molecule has 1 N–H and O–H groups in total. The second kappa shape index (κ2) is 7.77. The van der Waals surface area contributed by atoms with E-state index in [-0.39, 0.29) is 0 Å². The normalized spacial score (nSPS) is 15.5.